The van der Waals surface area contributed by atoms with Gasteiger partial charge in [-0.15, -0.1) is 0 Å². The first-order valence-corrected chi connectivity index (χ1v) is 5.83. The second-order valence-corrected chi connectivity index (χ2v) is 3.95. The fourth-order valence-corrected chi connectivity index (χ4v) is 1.48. The number of benzene rings is 1. The minimum atomic E-state index is -0.504. The number of nitrogens with one attached hydrogen (secondary N) is 1. The topological polar surface area (TPSA) is 81.4 Å². The maximum absolute atomic E-state index is 11.6. The van der Waals surface area contributed by atoms with E-state index in [1.54, 1.807) is 24.3 Å². The van der Waals surface area contributed by atoms with E-state index in [0.29, 0.717) is 17.7 Å². The molecular formula is C13H18N2O3. The van der Waals surface area contributed by atoms with E-state index < -0.39 is 12.0 Å². The van der Waals surface area contributed by atoms with Crippen molar-refractivity contribution in [3.63, 3.8) is 0 Å². The number of hydrogen-bond acceptors (Lipinski definition) is 4. The number of ether oxygens (including phenoxy) is 1. The summed E-state index contributed by atoms with van der Waals surface area (Å²) in [6.07, 6.45) is 1.50. The SMILES string of the molecule is CCC[C@@H](N)C(=O)Nc1ccc(C(=O)OC)cc1. The van der Waals surface area contributed by atoms with Crippen LogP contribution < -0.4 is 11.1 Å². The molecule has 3 N–H and O–H groups in total. The van der Waals surface area contributed by atoms with Crippen LogP contribution in [0.3, 0.4) is 0 Å². The number of carbonyl (C=O) groups is 2. The quantitative estimate of drug-likeness (QED) is 0.777. The third kappa shape index (κ3) is 3.85. The van der Waals surface area contributed by atoms with Crippen molar-refractivity contribution < 1.29 is 14.3 Å². The van der Waals surface area contributed by atoms with Crippen LogP contribution in [-0.2, 0) is 9.53 Å². The van der Waals surface area contributed by atoms with Gasteiger partial charge in [-0.25, -0.2) is 4.79 Å². The Balaban J connectivity index is 2.63. The van der Waals surface area contributed by atoms with Crippen molar-refractivity contribution in [1.82, 2.24) is 0 Å². The molecule has 5 heteroatoms. The van der Waals surface area contributed by atoms with Crippen LogP contribution >= 0.6 is 0 Å². The summed E-state index contributed by atoms with van der Waals surface area (Å²) in [5.74, 6) is -0.627. The minimum Gasteiger partial charge on any atom is -0.465 e. The number of methoxy groups -OCH3 is 1. The fraction of sp³-hybridized carbons (Fsp3) is 0.385. The molecule has 0 aliphatic rings. The molecule has 1 rings (SSSR count). The molecule has 0 saturated carbocycles. The molecule has 18 heavy (non-hydrogen) atoms. The van der Waals surface area contributed by atoms with E-state index in [2.05, 4.69) is 10.1 Å². The number of nitrogens with two attached hydrogens (primary N) is 1. The van der Waals surface area contributed by atoms with Gasteiger partial charge < -0.3 is 15.8 Å². The molecule has 1 aromatic carbocycles. The summed E-state index contributed by atoms with van der Waals surface area (Å²) in [7, 11) is 1.32. The van der Waals surface area contributed by atoms with Gasteiger partial charge in [-0.2, -0.15) is 0 Å². The first-order valence-electron chi connectivity index (χ1n) is 5.83. The standard InChI is InChI=1S/C13H18N2O3/c1-3-4-11(14)12(16)15-10-7-5-9(6-8-10)13(17)18-2/h5-8,11H,3-4,14H2,1-2H3,(H,15,16)/t11-/m1/s1. The summed E-state index contributed by atoms with van der Waals surface area (Å²) in [6.45, 7) is 1.97. The number of hydrogen-bond donors (Lipinski definition) is 2. The summed E-state index contributed by atoms with van der Waals surface area (Å²) in [4.78, 5) is 22.9. The fourth-order valence-electron chi connectivity index (χ4n) is 1.48. The molecule has 0 unspecified atom stereocenters. The van der Waals surface area contributed by atoms with Crippen LogP contribution in [0.15, 0.2) is 24.3 Å². The lowest BCUT2D eigenvalue weighted by molar-refractivity contribution is -0.117. The summed E-state index contributed by atoms with van der Waals surface area (Å²) >= 11 is 0. The average Bonchev–Trinajstić information content (AvgIpc) is 2.39. The Bertz CT molecular complexity index is 415. The van der Waals surface area contributed by atoms with Crippen molar-refractivity contribution in [2.45, 2.75) is 25.8 Å². The van der Waals surface area contributed by atoms with Crippen LogP contribution in [0.5, 0.6) is 0 Å². The molecule has 1 atom stereocenters. The molecule has 1 amide bonds. The Hall–Kier alpha value is -1.88. The van der Waals surface area contributed by atoms with Crippen molar-refractivity contribution in [1.29, 1.82) is 0 Å². The highest BCUT2D eigenvalue weighted by molar-refractivity contribution is 5.95. The van der Waals surface area contributed by atoms with Crippen LogP contribution in [0.1, 0.15) is 30.1 Å². The van der Waals surface area contributed by atoms with Crippen molar-refractivity contribution >= 4 is 17.6 Å². The van der Waals surface area contributed by atoms with Gasteiger partial charge in [-0.05, 0) is 30.7 Å². The molecule has 1 aromatic rings. The lowest BCUT2D eigenvalue weighted by Crippen LogP contribution is -2.35. The van der Waals surface area contributed by atoms with E-state index >= 15 is 0 Å². The molecule has 0 heterocycles. The number of amides is 1. The van der Waals surface area contributed by atoms with Gasteiger partial charge in [-0.1, -0.05) is 13.3 Å². The predicted octanol–water partition coefficient (Wildman–Crippen LogP) is 1.54. The van der Waals surface area contributed by atoms with Crippen molar-refractivity contribution in [3.05, 3.63) is 29.8 Å². The van der Waals surface area contributed by atoms with Gasteiger partial charge in [-0.3, -0.25) is 4.79 Å². The first kappa shape index (κ1) is 14.2. The zero-order chi connectivity index (χ0) is 13.5. The molecular weight excluding hydrogens is 232 g/mol. The molecule has 0 aliphatic carbocycles. The van der Waals surface area contributed by atoms with Gasteiger partial charge in [0.15, 0.2) is 0 Å². The Morgan fingerprint density at radius 3 is 2.44 bits per heavy atom. The van der Waals surface area contributed by atoms with Crippen molar-refractivity contribution in [2.24, 2.45) is 5.73 Å². The number of anilines is 1. The van der Waals surface area contributed by atoms with Crippen LogP contribution in [0, 0.1) is 0 Å². The largest absolute Gasteiger partial charge is 0.465 e. The lowest BCUT2D eigenvalue weighted by Gasteiger charge is -2.11. The third-order valence-electron chi connectivity index (χ3n) is 2.51. The molecule has 5 nitrogen and oxygen atoms in total. The normalized spacial score (nSPS) is 11.7. The molecule has 0 aromatic heterocycles. The maximum atomic E-state index is 11.6. The zero-order valence-electron chi connectivity index (χ0n) is 10.6. The molecule has 0 fully saturated rings. The maximum Gasteiger partial charge on any atom is 0.337 e. The molecule has 98 valence electrons. The van der Waals surface area contributed by atoms with Gasteiger partial charge >= 0.3 is 5.97 Å². The van der Waals surface area contributed by atoms with Crippen LogP contribution in [0.2, 0.25) is 0 Å². The molecule has 0 spiro atoms. The molecule has 0 bridgehead atoms. The molecule has 0 radical (unpaired) electrons. The van der Waals surface area contributed by atoms with Crippen LogP contribution in [0.4, 0.5) is 5.69 Å². The van der Waals surface area contributed by atoms with Gasteiger partial charge in [0.2, 0.25) is 5.91 Å². The van der Waals surface area contributed by atoms with Gasteiger partial charge in [0, 0.05) is 5.69 Å². The second-order valence-electron chi connectivity index (χ2n) is 3.95. The highest BCUT2D eigenvalue weighted by Crippen LogP contribution is 2.11. The minimum absolute atomic E-state index is 0.220. The van der Waals surface area contributed by atoms with Crippen molar-refractivity contribution in [2.75, 3.05) is 12.4 Å². The smallest absolute Gasteiger partial charge is 0.337 e. The lowest BCUT2D eigenvalue weighted by atomic mass is 10.1. The Kier molecular flexibility index (Phi) is 5.32. The third-order valence-corrected chi connectivity index (χ3v) is 2.51. The van der Waals surface area contributed by atoms with Gasteiger partial charge in [0.1, 0.15) is 0 Å². The molecule has 0 saturated heterocycles. The molecule has 0 aliphatic heterocycles. The van der Waals surface area contributed by atoms with E-state index in [1.807, 2.05) is 6.92 Å². The predicted molar refractivity (Wildman–Crippen MR) is 69.3 cm³/mol. The van der Waals surface area contributed by atoms with Crippen molar-refractivity contribution in [3.8, 4) is 0 Å². The highest BCUT2D eigenvalue weighted by atomic mass is 16.5. The summed E-state index contributed by atoms with van der Waals surface area (Å²) < 4.78 is 4.58. The van der Waals surface area contributed by atoms with E-state index in [-0.39, 0.29) is 5.91 Å². The second kappa shape index (κ2) is 6.76. The summed E-state index contributed by atoms with van der Waals surface area (Å²) in [5, 5.41) is 2.69. The van der Waals surface area contributed by atoms with Gasteiger partial charge in [0.25, 0.3) is 0 Å². The van der Waals surface area contributed by atoms with E-state index in [4.69, 9.17) is 5.73 Å². The Labute approximate surface area is 106 Å². The summed E-state index contributed by atoms with van der Waals surface area (Å²) in [6, 6.07) is 5.96. The zero-order valence-corrected chi connectivity index (χ0v) is 10.6. The monoisotopic (exact) mass is 250 g/mol. The average molecular weight is 250 g/mol. The summed E-state index contributed by atoms with van der Waals surface area (Å²) in [5.41, 5.74) is 6.74. The number of rotatable bonds is 5. The Morgan fingerprint density at radius 2 is 1.94 bits per heavy atom. The van der Waals surface area contributed by atoms with E-state index in [0.717, 1.165) is 6.42 Å². The number of esters is 1. The Morgan fingerprint density at radius 1 is 1.33 bits per heavy atom. The first-order chi connectivity index (χ1) is 8.58. The van der Waals surface area contributed by atoms with Gasteiger partial charge in [0.05, 0.1) is 18.7 Å². The van der Waals surface area contributed by atoms with Crippen LogP contribution in [-0.4, -0.2) is 25.0 Å². The number of carbonyl (C=O) groups excluding carboxylic acids is 2. The highest BCUT2D eigenvalue weighted by Gasteiger charge is 2.12. The van der Waals surface area contributed by atoms with Crippen LogP contribution in [0.25, 0.3) is 0 Å². The van der Waals surface area contributed by atoms with E-state index in [1.165, 1.54) is 7.11 Å². The van der Waals surface area contributed by atoms with E-state index in [9.17, 15) is 9.59 Å².